The van der Waals surface area contributed by atoms with E-state index in [2.05, 4.69) is 47.0 Å². The van der Waals surface area contributed by atoms with Crippen LogP contribution in [0.3, 0.4) is 0 Å². The lowest BCUT2D eigenvalue weighted by atomic mass is 9.70. The second kappa shape index (κ2) is 7.64. The van der Waals surface area contributed by atoms with E-state index in [1.807, 2.05) is 0 Å². The Morgan fingerprint density at radius 3 is 2.42 bits per heavy atom. The standard InChI is InChI=1S/C17H35NO/c1-13(2)8-7-11-19-16-12-14(17(3,4)5)9-10-15(16)18-6/h13-16,18H,7-12H2,1-6H3. The molecule has 3 atom stereocenters. The minimum Gasteiger partial charge on any atom is -0.377 e. The molecular weight excluding hydrogens is 234 g/mol. The zero-order valence-electron chi connectivity index (χ0n) is 14.0. The van der Waals surface area contributed by atoms with Crippen LogP contribution in [0.15, 0.2) is 0 Å². The molecule has 0 heterocycles. The highest BCUT2D eigenvalue weighted by Gasteiger charge is 2.35. The van der Waals surface area contributed by atoms with Crippen LogP contribution < -0.4 is 5.32 Å². The second-order valence-corrected chi connectivity index (χ2v) is 7.72. The number of nitrogens with one attached hydrogen (secondary N) is 1. The molecule has 1 aliphatic rings. The van der Waals surface area contributed by atoms with Gasteiger partial charge in [0.25, 0.3) is 0 Å². The summed E-state index contributed by atoms with van der Waals surface area (Å²) in [5, 5.41) is 3.45. The third-order valence-electron chi connectivity index (χ3n) is 4.65. The molecule has 0 aliphatic heterocycles. The molecule has 0 aromatic heterocycles. The highest BCUT2D eigenvalue weighted by molar-refractivity contribution is 4.89. The van der Waals surface area contributed by atoms with E-state index in [0.29, 0.717) is 17.6 Å². The van der Waals surface area contributed by atoms with Gasteiger partial charge in [-0.1, -0.05) is 34.6 Å². The van der Waals surface area contributed by atoms with E-state index in [9.17, 15) is 0 Å². The van der Waals surface area contributed by atoms with Gasteiger partial charge in [-0.25, -0.2) is 0 Å². The van der Waals surface area contributed by atoms with Crippen molar-refractivity contribution in [1.29, 1.82) is 0 Å². The summed E-state index contributed by atoms with van der Waals surface area (Å²) in [6.07, 6.45) is 6.70. The number of likely N-dealkylation sites (N-methyl/N-ethyl adjacent to an activating group) is 1. The van der Waals surface area contributed by atoms with Crippen molar-refractivity contribution in [2.24, 2.45) is 17.3 Å². The van der Waals surface area contributed by atoms with Crippen molar-refractivity contribution in [3.05, 3.63) is 0 Å². The fourth-order valence-corrected chi connectivity index (χ4v) is 3.16. The Balaban J connectivity index is 2.42. The first-order chi connectivity index (χ1) is 8.84. The first kappa shape index (κ1) is 17.0. The molecule has 19 heavy (non-hydrogen) atoms. The van der Waals surface area contributed by atoms with Crippen LogP contribution in [0.5, 0.6) is 0 Å². The Morgan fingerprint density at radius 1 is 1.21 bits per heavy atom. The van der Waals surface area contributed by atoms with Crippen LogP contribution >= 0.6 is 0 Å². The second-order valence-electron chi connectivity index (χ2n) is 7.72. The predicted molar refractivity (Wildman–Crippen MR) is 83.5 cm³/mol. The monoisotopic (exact) mass is 269 g/mol. The third-order valence-corrected chi connectivity index (χ3v) is 4.65. The van der Waals surface area contributed by atoms with Crippen molar-refractivity contribution < 1.29 is 4.74 Å². The van der Waals surface area contributed by atoms with E-state index < -0.39 is 0 Å². The molecule has 114 valence electrons. The number of hydrogen-bond donors (Lipinski definition) is 1. The molecule has 0 amide bonds. The van der Waals surface area contributed by atoms with Gasteiger partial charge in [0.05, 0.1) is 6.10 Å². The third kappa shape index (κ3) is 5.83. The fraction of sp³-hybridized carbons (Fsp3) is 1.00. The Bertz CT molecular complexity index is 244. The molecule has 1 fully saturated rings. The summed E-state index contributed by atoms with van der Waals surface area (Å²) in [5.74, 6) is 1.59. The van der Waals surface area contributed by atoms with E-state index >= 15 is 0 Å². The minimum atomic E-state index is 0.412. The Kier molecular flexibility index (Phi) is 6.82. The van der Waals surface area contributed by atoms with E-state index in [-0.39, 0.29) is 0 Å². The largest absolute Gasteiger partial charge is 0.377 e. The number of hydrogen-bond acceptors (Lipinski definition) is 2. The molecule has 0 aromatic carbocycles. The molecule has 1 N–H and O–H groups in total. The molecule has 2 heteroatoms. The smallest absolute Gasteiger partial charge is 0.0730 e. The van der Waals surface area contributed by atoms with Gasteiger partial charge in [0.2, 0.25) is 0 Å². The van der Waals surface area contributed by atoms with Crippen LogP contribution in [0.1, 0.15) is 66.7 Å². The van der Waals surface area contributed by atoms with Crippen LogP contribution in [0, 0.1) is 17.3 Å². The van der Waals surface area contributed by atoms with Crippen LogP contribution in [-0.4, -0.2) is 25.8 Å². The van der Waals surface area contributed by atoms with E-state index in [1.54, 1.807) is 0 Å². The summed E-state index contributed by atoms with van der Waals surface area (Å²) in [6.45, 7) is 12.6. The van der Waals surface area contributed by atoms with Gasteiger partial charge in [0, 0.05) is 12.6 Å². The predicted octanol–water partition coefficient (Wildman–Crippen LogP) is 4.24. The van der Waals surface area contributed by atoms with Crippen LogP contribution in [0.4, 0.5) is 0 Å². The molecule has 2 nitrogen and oxygen atoms in total. The van der Waals surface area contributed by atoms with Crippen LogP contribution in [0.2, 0.25) is 0 Å². The summed E-state index contributed by atoms with van der Waals surface area (Å²) in [5.41, 5.74) is 0.415. The number of ether oxygens (including phenoxy) is 1. The Hall–Kier alpha value is -0.0800. The van der Waals surface area contributed by atoms with Gasteiger partial charge in [-0.2, -0.15) is 0 Å². The summed E-state index contributed by atoms with van der Waals surface area (Å²) < 4.78 is 6.20. The average Bonchev–Trinajstić information content (AvgIpc) is 2.33. The summed E-state index contributed by atoms with van der Waals surface area (Å²) in [7, 11) is 2.08. The zero-order chi connectivity index (χ0) is 14.5. The Labute approximate surface area is 120 Å². The van der Waals surface area contributed by atoms with Crippen molar-refractivity contribution in [3.63, 3.8) is 0 Å². The molecule has 1 rings (SSSR count). The molecule has 0 bridgehead atoms. The molecule has 0 radical (unpaired) electrons. The fourth-order valence-electron chi connectivity index (χ4n) is 3.16. The summed E-state index contributed by atoms with van der Waals surface area (Å²) >= 11 is 0. The van der Waals surface area contributed by atoms with Crippen molar-refractivity contribution >= 4 is 0 Å². The van der Waals surface area contributed by atoms with Crippen LogP contribution in [0.25, 0.3) is 0 Å². The maximum atomic E-state index is 6.20. The van der Waals surface area contributed by atoms with Gasteiger partial charge in [0.1, 0.15) is 0 Å². The maximum absolute atomic E-state index is 6.20. The Morgan fingerprint density at radius 2 is 1.89 bits per heavy atom. The molecule has 0 aromatic rings. The van der Waals surface area contributed by atoms with Gasteiger partial charge in [-0.05, 0) is 56.4 Å². The molecule has 1 saturated carbocycles. The molecule has 1 aliphatic carbocycles. The SMILES string of the molecule is CNC1CCC(C(C)(C)C)CC1OCCCC(C)C. The summed E-state index contributed by atoms with van der Waals surface area (Å²) in [4.78, 5) is 0. The lowest BCUT2D eigenvalue weighted by Crippen LogP contribution is -2.46. The summed E-state index contributed by atoms with van der Waals surface area (Å²) in [6, 6.07) is 0.553. The van der Waals surface area contributed by atoms with E-state index in [1.165, 1.54) is 32.1 Å². The van der Waals surface area contributed by atoms with Crippen molar-refractivity contribution in [3.8, 4) is 0 Å². The van der Waals surface area contributed by atoms with E-state index in [0.717, 1.165) is 18.4 Å². The van der Waals surface area contributed by atoms with Gasteiger partial charge in [0.15, 0.2) is 0 Å². The average molecular weight is 269 g/mol. The van der Waals surface area contributed by atoms with Crippen LogP contribution in [-0.2, 0) is 4.74 Å². The lowest BCUT2D eigenvalue weighted by Gasteiger charge is -2.41. The topological polar surface area (TPSA) is 21.3 Å². The highest BCUT2D eigenvalue weighted by Crippen LogP contribution is 2.38. The lowest BCUT2D eigenvalue weighted by molar-refractivity contribution is -0.0278. The highest BCUT2D eigenvalue weighted by atomic mass is 16.5. The zero-order valence-corrected chi connectivity index (χ0v) is 14.0. The molecule has 0 saturated heterocycles. The van der Waals surface area contributed by atoms with Gasteiger partial charge in [-0.15, -0.1) is 0 Å². The van der Waals surface area contributed by atoms with Gasteiger partial charge >= 0.3 is 0 Å². The van der Waals surface area contributed by atoms with Gasteiger partial charge in [-0.3, -0.25) is 0 Å². The maximum Gasteiger partial charge on any atom is 0.0730 e. The molecule has 3 unspecified atom stereocenters. The van der Waals surface area contributed by atoms with E-state index in [4.69, 9.17) is 4.74 Å². The minimum absolute atomic E-state index is 0.412. The normalized spacial score (nSPS) is 28.9. The molecular formula is C17H35NO. The van der Waals surface area contributed by atoms with Crippen molar-refractivity contribution in [2.45, 2.75) is 78.9 Å². The van der Waals surface area contributed by atoms with Crippen molar-refractivity contribution in [2.75, 3.05) is 13.7 Å². The van der Waals surface area contributed by atoms with Gasteiger partial charge < -0.3 is 10.1 Å². The van der Waals surface area contributed by atoms with Crippen molar-refractivity contribution in [1.82, 2.24) is 5.32 Å². The first-order valence-electron chi connectivity index (χ1n) is 8.13. The quantitative estimate of drug-likeness (QED) is 0.728. The molecule has 0 spiro atoms. The number of rotatable bonds is 6. The first-order valence-corrected chi connectivity index (χ1v) is 8.13.